The third-order valence-electron chi connectivity index (χ3n) is 6.64. The van der Waals surface area contributed by atoms with E-state index in [1.54, 1.807) is 18.3 Å². The molecule has 1 aromatic carbocycles. The number of carbonyl (C=O) groups is 1. The van der Waals surface area contributed by atoms with E-state index < -0.39 is 8.32 Å². The van der Waals surface area contributed by atoms with Gasteiger partial charge in [-0.05, 0) is 66.9 Å². The molecule has 0 aliphatic rings. The van der Waals surface area contributed by atoms with Gasteiger partial charge in [-0.1, -0.05) is 32.9 Å². The fourth-order valence-corrected chi connectivity index (χ4v) is 5.67. The minimum atomic E-state index is -1.77. The summed E-state index contributed by atoms with van der Waals surface area (Å²) in [7, 11) is -1.77. The summed E-state index contributed by atoms with van der Waals surface area (Å²) in [4.78, 5) is 26.2. The number of aryl methyl sites for hydroxylation is 2. The molecule has 0 fully saturated rings. The number of ketones is 1. The average Bonchev–Trinajstić information content (AvgIpc) is 3.18. The Kier molecular flexibility index (Phi) is 9.08. The third-order valence-corrected chi connectivity index (χ3v) is 12.5. The van der Waals surface area contributed by atoms with Crippen molar-refractivity contribution in [2.24, 2.45) is 0 Å². The number of aromatic nitrogens is 1. The first-order valence-corrected chi connectivity index (χ1v) is 16.0. The minimum absolute atomic E-state index is 0.0130. The van der Waals surface area contributed by atoms with E-state index in [2.05, 4.69) is 33.9 Å². The van der Waals surface area contributed by atoms with Crippen LogP contribution in [0.3, 0.4) is 0 Å². The Balaban J connectivity index is 1.57. The maximum atomic E-state index is 13.4. The van der Waals surface area contributed by atoms with Gasteiger partial charge in [0.2, 0.25) is 0 Å². The van der Waals surface area contributed by atoms with Crippen LogP contribution in [0.25, 0.3) is 5.00 Å². The van der Waals surface area contributed by atoms with Crippen LogP contribution in [-0.4, -0.2) is 31.9 Å². The number of hydrogen-bond donors (Lipinski definition) is 0. The van der Waals surface area contributed by atoms with Gasteiger partial charge < -0.3 is 9.16 Å². The first-order chi connectivity index (χ1) is 16.9. The van der Waals surface area contributed by atoms with Crippen LogP contribution in [0.2, 0.25) is 18.1 Å². The molecule has 0 saturated carbocycles. The van der Waals surface area contributed by atoms with Gasteiger partial charge in [0.1, 0.15) is 16.6 Å². The molecule has 2 aromatic heterocycles. The Hall–Kier alpha value is -2.55. The van der Waals surface area contributed by atoms with Gasteiger partial charge in [-0.3, -0.25) is 14.2 Å². The highest BCUT2D eigenvalue weighted by atomic mass is 32.1. The zero-order chi connectivity index (χ0) is 26.5. The van der Waals surface area contributed by atoms with Crippen molar-refractivity contribution in [2.45, 2.75) is 65.1 Å². The van der Waals surface area contributed by atoms with Crippen molar-refractivity contribution < 1.29 is 18.3 Å². The Bertz CT molecular complexity index is 1260. The van der Waals surface area contributed by atoms with Crippen molar-refractivity contribution in [3.8, 4) is 10.8 Å². The summed E-state index contributed by atoms with van der Waals surface area (Å²) in [5, 5.41) is 0.852. The van der Waals surface area contributed by atoms with Gasteiger partial charge in [0.05, 0.1) is 11.5 Å². The molecule has 3 aromatic rings. The predicted molar refractivity (Wildman–Crippen MR) is 147 cm³/mol. The number of rotatable bonds is 11. The van der Waals surface area contributed by atoms with E-state index in [9.17, 15) is 14.0 Å². The van der Waals surface area contributed by atoms with E-state index in [-0.39, 0.29) is 28.6 Å². The molecule has 2 heterocycles. The number of ether oxygens (including phenoxy) is 1. The molecular weight excluding hydrogens is 493 g/mol. The van der Waals surface area contributed by atoms with E-state index >= 15 is 0 Å². The summed E-state index contributed by atoms with van der Waals surface area (Å²) in [6, 6.07) is 11.4. The number of pyridine rings is 1. The monoisotopic (exact) mass is 529 g/mol. The first kappa shape index (κ1) is 28.0. The van der Waals surface area contributed by atoms with E-state index in [0.717, 1.165) is 17.5 Å². The normalized spacial score (nSPS) is 12.1. The van der Waals surface area contributed by atoms with Crippen molar-refractivity contribution in [1.82, 2.24) is 4.57 Å². The van der Waals surface area contributed by atoms with Crippen molar-refractivity contribution in [3.05, 3.63) is 80.8 Å². The van der Waals surface area contributed by atoms with Gasteiger partial charge >= 0.3 is 0 Å². The van der Waals surface area contributed by atoms with Gasteiger partial charge in [0, 0.05) is 31.7 Å². The molecule has 0 aliphatic carbocycles. The van der Waals surface area contributed by atoms with E-state index in [4.69, 9.17) is 9.16 Å². The maximum absolute atomic E-state index is 13.4. The minimum Gasteiger partial charge on any atom is -0.493 e. The number of hydrogen-bond acceptors (Lipinski definition) is 5. The van der Waals surface area contributed by atoms with E-state index in [1.165, 1.54) is 34.1 Å². The number of halogens is 1. The highest BCUT2D eigenvalue weighted by molar-refractivity contribution is 7.16. The molecule has 0 bridgehead atoms. The molecule has 0 atom stereocenters. The summed E-state index contributed by atoms with van der Waals surface area (Å²) in [5.41, 5.74) is 1.40. The Labute approximate surface area is 218 Å². The van der Waals surface area contributed by atoms with Crippen LogP contribution in [-0.2, 0) is 10.8 Å². The van der Waals surface area contributed by atoms with Crippen LogP contribution < -0.4 is 10.3 Å². The lowest BCUT2D eigenvalue weighted by Gasteiger charge is -2.36. The molecule has 0 aliphatic heterocycles. The summed E-state index contributed by atoms with van der Waals surface area (Å²) in [6.07, 6.45) is 3.18. The SMILES string of the molecule is Cc1cc(-n2ccc(OCCCO[Si](C)(C)C(C)(C)C)cc2=O)sc1C(=O)CCc1cccc(F)c1. The lowest BCUT2D eigenvalue weighted by atomic mass is 10.1. The highest BCUT2D eigenvalue weighted by Gasteiger charge is 2.36. The molecule has 0 amide bonds. The second-order valence-electron chi connectivity index (χ2n) is 10.5. The molecule has 0 unspecified atom stereocenters. The second-order valence-corrected chi connectivity index (χ2v) is 16.4. The summed E-state index contributed by atoms with van der Waals surface area (Å²) in [5.74, 6) is 0.199. The number of Topliss-reactive ketones (excluding diaryl/α,β-unsaturated/α-hetero) is 1. The summed E-state index contributed by atoms with van der Waals surface area (Å²) in [6.45, 7) is 14.1. The van der Waals surface area contributed by atoms with Gasteiger partial charge in [0.15, 0.2) is 14.1 Å². The molecule has 3 rings (SSSR count). The van der Waals surface area contributed by atoms with Crippen LogP contribution in [0.1, 0.15) is 54.4 Å². The lowest BCUT2D eigenvalue weighted by Crippen LogP contribution is -2.41. The molecule has 194 valence electrons. The summed E-state index contributed by atoms with van der Waals surface area (Å²) >= 11 is 1.29. The topological polar surface area (TPSA) is 57.5 Å². The number of carbonyl (C=O) groups excluding carboxylic acids is 1. The second kappa shape index (κ2) is 11.7. The number of nitrogens with zero attached hydrogens (tertiary/aromatic N) is 1. The fraction of sp³-hybridized carbons (Fsp3) is 0.429. The number of thiophene rings is 1. The summed E-state index contributed by atoms with van der Waals surface area (Å²) < 4.78 is 26.9. The third kappa shape index (κ3) is 7.24. The first-order valence-electron chi connectivity index (χ1n) is 12.3. The Morgan fingerprint density at radius 2 is 1.86 bits per heavy atom. The molecule has 0 radical (unpaired) electrons. The molecule has 0 saturated heterocycles. The molecular formula is C28H36FNO4SSi. The standard InChI is InChI=1S/C28H36FNO4SSi/c1-20-17-26(35-27(20)24(31)12-11-21-9-7-10-22(29)18-21)30-14-13-23(19-25(30)32)33-15-8-16-34-36(5,6)28(2,3)4/h7,9-10,13-14,17-19H,8,11-12,15-16H2,1-6H3. The van der Waals surface area contributed by atoms with Crippen molar-refractivity contribution in [3.63, 3.8) is 0 Å². The van der Waals surface area contributed by atoms with Gasteiger partial charge in [-0.2, -0.15) is 0 Å². The highest BCUT2D eigenvalue weighted by Crippen LogP contribution is 2.36. The Morgan fingerprint density at radius 1 is 1.11 bits per heavy atom. The van der Waals surface area contributed by atoms with Crippen LogP contribution in [0.5, 0.6) is 5.75 Å². The average molecular weight is 530 g/mol. The smallest absolute Gasteiger partial charge is 0.259 e. The molecule has 8 heteroatoms. The van der Waals surface area contributed by atoms with Crippen LogP contribution in [0, 0.1) is 12.7 Å². The van der Waals surface area contributed by atoms with Crippen molar-refractivity contribution in [1.29, 1.82) is 0 Å². The molecule has 0 spiro atoms. The maximum Gasteiger partial charge on any atom is 0.259 e. The largest absolute Gasteiger partial charge is 0.493 e. The van der Waals surface area contributed by atoms with Crippen LogP contribution in [0.4, 0.5) is 4.39 Å². The van der Waals surface area contributed by atoms with Gasteiger partial charge in [0.25, 0.3) is 5.56 Å². The molecule has 0 N–H and O–H groups in total. The zero-order valence-electron chi connectivity index (χ0n) is 22.0. The lowest BCUT2D eigenvalue weighted by molar-refractivity contribution is 0.0986. The van der Waals surface area contributed by atoms with Gasteiger partial charge in [-0.25, -0.2) is 4.39 Å². The van der Waals surface area contributed by atoms with E-state index in [1.807, 2.05) is 19.1 Å². The van der Waals surface area contributed by atoms with Crippen LogP contribution in [0.15, 0.2) is 53.5 Å². The van der Waals surface area contributed by atoms with Crippen LogP contribution >= 0.6 is 11.3 Å². The van der Waals surface area contributed by atoms with Crippen molar-refractivity contribution in [2.75, 3.05) is 13.2 Å². The van der Waals surface area contributed by atoms with E-state index in [0.29, 0.717) is 35.3 Å². The van der Waals surface area contributed by atoms with Crippen molar-refractivity contribution >= 4 is 25.4 Å². The molecule has 36 heavy (non-hydrogen) atoms. The number of benzene rings is 1. The quantitative estimate of drug-likeness (QED) is 0.153. The fourth-order valence-electron chi connectivity index (χ4n) is 3.45. The van der Waals surface area contributed by atoms with Gasteiger partial charge in [-0.15, -0.1) is 11.3 Å². The molecule has 5 nitrogen and oxygen atoms in total. The Morgan fingerprint density at radius 3 is 2.53 bits per heavy atom. The predicted octanol–water partition coefficient (Wildman–Crippen LogP) is 6.95. The zero-order valence-corrected chi connectivity index (χ0v) is 23.8.